The van der Waals surface area contributed by atoms with E-state index in [1.54, 1.807) is 0 Å². The van der Waals surface area contributed by atoms with Crippen molar-refractivity contribution in [1.29, 1.82) is 0 Å². The quantitative estimate of drug-likeness (QED) is 0.165. The van der Waals surface area contributed by atoms with Crippen LogP contribution in [0.2, 0.25) is 0 Å². The van der Waals surface area contributed by atoms with Crippen LogP contribution in [-0.2, 0) is 24.0 Å². The van der Waals surface area contributed by atoms with Crippen LogP contribution in [0.5, 0.6) is 0 Å². The maximum absolute atomic E-state index is 12.5. The highest BCUT2D eigenvalue weighted by Crippen LogP contribution is 2.06. The molecule has 0 fully saturated rings. The smallest absolute Gasteiger partial charge is 0.326 e. The van der Waals surface area contributed by atoms with Gasteiger partial charge in [-0.3, -0.25) is 19.2 Å². The first-order chi connectivity index (χ1) is 13.4. The summed E-state index contributed by atoms with van der Waals surface area (Å²) in [6.45, 7) is 5.00. The van der Waals surface area contributed by atoms with Crippen LogP contribution in [0.15, 0.2) is 0 Å². The predicted octanol–water partition coefficient (Wildman–Crippen LogP) is -1.89. The van der Waals surface area contributed by atoms with Crippen LogP contribution in [0.1, 0.15) is 40.0 Å². The summed E-state index contributed by atoms with van der Waals surface area (Å²) in [5.74, 6) is -3.85. The van der Waals surface area contributed by atoms with Crippen molar-refractivity contribution in [3.8, 4) is 0 Å². The lowest BCUT2D eigenvalue weighted by Crippen LogP contribution is -2.56. The maximum Gasteiger partial charge on any atom is 0.326 e. The van der Waals surface area contributed by atoms with E-state index >= 15 is 0 Å². The standard InChI is InChI=1S/C17H31N5O6S/c1-8(2)6-12(17(27)28)22-14(24)9(3)20-16(26)11(4-5-13(19)23)21-15(25)10(18)7-29/h8-12,29H,4-7,18H2,1-3H3,(H2,19,23)(H,20,26)(H,21,25)(H,22,24)(H,27,28). The Bertz CT molecular complexity index is 615. The molecule has 0 saturated carbocycles. The summed E-state index contributed by atoms with van der Waals surface area (Å²) in [5, 5.41) is 16.4. The van der Waals surface area contributed by atoms with Gasteiger partial charge in [-0.05, 0) is 25.7 Å². The number of carbonyl (C=O) groups excluding carboxylic acids is 4. The van der Waals surface area contributed by atoms with Crippen LogP contribution >= 0.6 is 12.6 Å². The molecule has 0 aromatic rings. The average molecular weight is 434 g/mol. The monoisotopic (exact) mass is 433 g/mol. The van der Waals surface area contributed by atoms with Crippen molar-refractivity contribution in [2.75, 3.05) is 5.75 Å². The van der Waals surface area contributed by atoms with E-state index in [4.69, 9.17) is 11.5 Å². The molecule has 4 unspecified atom stereocenters. The lowest BCUT2D eigenvalue weighted by atomic mass is 10.0. The minimum Gasteiger partial charge on any atom is -0.480 e. The number of carboxylic acid groups (broad SMARTS) is 1. The molecule has 0 saturated heterocycles. The minimum absolute atomic E-state index is 0.0331. The molecular formula is C17H31N5O6S. The summed E-state index contributed by atoms with van der Waals surface area (Å²) < 4.78 is 0. The Morgan fingerprint density at radius 1 is 0.931 bits per heavy atom. The van der Waals surface area contributed by atoms with Crippen molar-refractivity contribution < 1.29 is 29.1 Å². The van der Waals surface area contributed by atoms with Gasteiger partial charge in [-0.25, -0.2) is 4.79 Å². The van der Waals surface area contributed by atoms with E-state index in [0.29, 0.717) is 0 Å². The predicted molar refractivity (Wildman–Crippen MR) is 109 cm³/mol. The van der Waals surface area contributed by atoms with Gasteiger partial charge >= 0.3 is 5.97 Å². The Kier molecular flexibility index (Phi) is 11.9. The lowest BCUT2D eigenvalue weighted by Gasteiger charge is -2.23. The molecule has 166 valence electrons. The molecule has 0 rings (SSSR count). The molecule has 0 aliphatic heterocycles. The van der Waals surface area contributed by atoms with Crippen molar-refractivity contribution >= 4 is 42.2 Å². The number of primary amides is 1. The lowest BCUT2D eigenvalue weighted by molar-refractivity contribution is -0.142. The number of carboxylic acids is 1. The number of amides is 4. The van der Waals surface area contributed by atoms with Gasteiger partial charge < -0.3 is 32.5 Å². The van der Waals surface area contributed by atoms with Crippen molar-refractivity contribution in [2.45, 2.75) is 64.2 Å². The van der Waals surface area contributed by atoms with Crippen molar-refractivity contribution in [1.82, 2.24) is 16.0 Å². The maximum atomic E-state index is 12.5. The highest BCUT2D eigenvalue weighted by atomic mass is 32.1. The number of hydrogen-bond donors (Lipinski definition) is 7. The summed E-state index contributed by atoms with van der Waals surface area (Å²) in [5.41, 5.74) is 10.7. The summed E-state index contributed by atoms with van der Waals surface area (Å²) in [6, 6.07) is -4.29. The Balaban J connectivity index is 5.05. The molecular weight excluding hydrogens is 402 g/mol. The molecule has 0 aromatic heterocycles. The molecule has 0 aliphatic rings. The average Bonchev–Trinajstić information content (AvgIpc) is 2.62. The van der Waals surface area contributed by atoms with E-state index in [2.05, 4.69) is 28.6 Å². The fraction of sp³-hybridized carbons (Fsp3) is 0.706. The Hall–Kier alpha value is -2.34. The van der Waals surface area contributed by atoms with Gasteiger partial charge in [0.05, 0.1) is 6.04 Å². The number of rotatable bonds is 13. The number of thiol groups is 1. The molecule has 4 atom stereocenters. The molecule has 0 bridgehead atoms. The van der Waals surface area contributed by atoms with Crippen LogP contribution < -0.4 is 27.4 Å². The molecule has 8 N–H and O–H groups in total. The van der Waals surface area contributed by atoms with Crippen LogP contribution in [-0.4, -0.2) is 64.6 Å². The zero-order valence-corrected chi connectivity index (χ0v) is 17.7. The molecule has 0 radical (unpaired) electrons. The van der Waals surface area contributed by atoms with E-state index in [1.807, 2.05) is 13.8 Å². The van der Waals surface area contributed by atoms with Gasteiger partial charge in [0.25, 0.3) is 0 Å². The summed E-state index contributed by atoms with van der Waals surface area (Å²) in [7, 11) is 0. The largest absolute Gasteiger partial charge is 0.480 e. The van der Waals surface area contributed by atoms with E-state index in [9.17, 15) is 29.1 Å². The molecule has 4 amide bonds. The van der Waals surface area contributed by atoms with Crippen molar-refractivity contribution in [3.05, 3.63) is 0 Å². The van der Waals surface area contributed by atoms with Gasteiger partial charge in [-0.2, -0.15) is 12.6 Å². The van der Waals surface area contributed by atoms with Crippen molar-refractivity contribution in [2.24, 2.45) is 17.4 Å². The zero-order chi connectivity index (χ0) is 22.7. The molecule has 29 heavy (non-hydrogen) atoms. The highest BCUT2D eigenvalue weighted by Gasteiger charge is 2.28. The van der Waals surface area contributed by atoms with Crippen LogP contribution in [0, 0.1) is 5.92 Å². The van der Waals surface area contributed by atoms with E-state index in [-0.39, 0.29) is 30.9 Å². The van der Waals surface area contributed by atoms with Gasteiger partial charge in [0.1, 0.15) is 18.1 Å². The third-order valence-electron chi connectivity index (χ3n) is 3.92. The molecule has 0 spiro atoms. The fourth-order valence-corrected chi connectivity index (χ4v) is 2.45. The summed E-state index contributed by atoms with van der Waals surface area (Å²) in [4.78, 5) is 59.0. The van der Waals surface area contributed by atoms with E-state index in [1.165, 1.54) is 6.92 Å². The number of carbonyl (C=O) groups is 5. The van der Waals surface area contributed by atoms with Crippen LogP contribution in [0.3, 0.4) is 0 Å². The molecule has 0 aromatic carbocycles. The third kappa shape index (κ3) is 10.7. The number of nitrogens with two attached hydrogens (primary N) is 2. The first-order valence-electron chi connectivity index (χ1n) is 9.17. The van der Waals surface area contributed by atoms with Crippen molar-refractivity contribution in [3.63, 3.8) is 0 Å². The summed E-state index contributed by atoms with van der Waals surface area (Å²) in [6.07, 6.45) is -0.0448. The molecule has 0 heterocycles. The first-order valence-corrected chi connectivity index (χ1v) is 9.80. The molecule has 0 aliphatic carbocycles. The van der Waals surface area contributed by atoms with E-state index < -0.39 is 53.8 Å². The normalized spacial score (nSPS) is 15.0. The Morgan fingerprint density at radius 3 is 1.93 bits per heavy atom. The minimum atomic E-state index is -1.18. The number of nitrogens with one attached hydrogen (secondary N) is 3. The van der Waals surface area contributed by atoms with E-state index in [0.717, 1.165) is 0 Å². The fourth-order valence-electron chi connectivity index (χ4n) is 2.29. The first kappa shape index (κ1) is 26.7. The Morgan fingerprint density at radius 2 is 1.48 bits per heavy atom. The zero-order valence-electron chi connectivity index (χ0n) is 16.8. The topological polar surface area (TPSA) is 194 Å². The SMILES string of the molecule is CC(C)CC(NC(=O)C(C)NC(=O)C(CCC(N)=O)NC(=O)C(N)CS)C(=O)O. The van der Waals surface area contributed by atoms with Gasteiger partial charge in [-0.15, -0.1) is 0 Å². The summed E-state index contributed by atoms with van der Waals surface area (Å²) >= 11 is 3.91. The van der Waals surface area contributed by atoms with Gasteiger partial charge in [0, 0.05) is 12.2 Å². The second kappa shape index (κ2) is 13.0. The third-order valence-corrected chi connectivity index (χ3v) is 4.31. The second-order valence-electron chi connectivity index (χ2n) is 7.11. The van der Waals surface area contributed by atoms with Gasteiger partial charge in [0.2, 0.25) is 23.6 Å². The van der Waals surface area contributed by atoms with Crippen LogP contribution in [0.25, 0.3) is 0 Å². The molecule has 11 nitrogen and oxygen atoms in total. The molecule has 12 heteroatoms. The highest BCUT2D eigenvalue weighted by molar-refractivity contribution is 7.80. The van der Waals surface area contributed by atoms with Gasteiger partial charge in [0.15, 0.2) is 0 Å². The second-order valence-corrected chi connectivity index (χ2v) is 7.48. The number of aliphatic carboxylic acids is 1. The van der Waals surface area contributed by atoms with Crippen LogP contribution in [0.4, 0.5) is 0 Å². The van der Waals surface area contributed by atoms with Gasteiger partial charge in [-0.1, -0.05) is 13.8 Å². The number of hydrogen-bond acceptors (Lipinski definition) is 7. The Labute approximate surface area is 175 Å².